The number of piperazine rings is 3. The summed E-state index contributed by atoms with van der Waals surface area (Å²) >= 11 is 6.04. The van der Waals surface area contributed by atoms with Crippen LogP contribution < -0.4 is 106 Å². The van der Waals surface area contributed by atoms with Crippen molar-refractivity contribution in [3.05, 3.63) is 276 Å². The van der Waals surface area contributed by atoms with Crippen LogP contribution in [0.15, 0.2) is 237 Å². The van der Waals surface area contributed by atoms with E-state index in [2.05, 4.69) is 94.2 Å². The van der Waals surface area contributed by atoms with Gasteiger partial charge in [0.15, 0.2) is 57.5 Å². The number of benzene rings is 5. The number of methoxy groups -OCH3 is 2. The number of rotatable bonds is 12. The number of hydrogen-bond donors (Lipinski definition) is 3. The van der Waals surface area contributed by atoms with Gasteiger partial charge in [0.05, 0.1) is 71.1 Å². The maximum absolute atomic E-state index is 14.9. The summed E-state index contributed by atoms with van der Waals surface area (Å²) in [7, 11) is 7.29. The zero-order valence-electron chi connectivity index (χ0n) is 78.4. The summed E-state index contributed by atoms with van der Waals surface area (Å²) in [5, 5.41) is 10.9. The van der Waals surface area contributed by atoms with Gasteiger partial charge in [-0.05, 0) is 187 Å². The van der Waals surface area contributed by atoms with Crippen LogP contribution in [0, 0.1) is 5.82 Å². The second-order valence-corrected chi connectivity index (χ2v) is 35.8. The van der Waals surface area contributed by atoms with Gasteiger partial charge in [-0.1, -0.05) is 23.7 Å². The molecule has 5 aromatic carbocycles. The molecular weight excluding hydrogens is 1790 g/mol. The highest BCUT2D eigenvalue weighted by Crippen LogP contribution is 2.39. The lowest BCUT2D eigenvalue weighted by Crippen LogP contribution is -2.54. The first kappa shape index (κ1) is 93.3. The third-order valence-electron chi connectivity index (χ3n) is 25.7. The molecule has 15 aromatic rings. The molecule has 3 N–H and O–H groups in total. The number of pyridine rings is 5. The van der Waals surface area contributed by atoms with E-state index in [-0.39, 0.29) is 33.4 Å². The lowest BCUT2D eigenvalue weighted by Gasteiger charge is -2.37. The quantitative estimate of drug-likeness (QED) is 0.102. The molecule has 0 radical (unpaired) electrons. The Morgan fingerprint density at radius 1 is 0.338 bits per heavy atom. The topological polar surface area (TPSA) is 304 Å². The monoisotopic (exact) mass is 1900 g/mol. The predicted octanol–water partition coefficient (Wildman–Crippen LogP) is 11.2. The highest BCUT2D eigenvalue weighted by Gasteiger charge is 2.27. The van der Waals surface area contributed by atoms with Crippen molar-refractivity contribution in [2.75, 3.05) is 210 Å². The summed E-state index contributed by atoms with van der Waals surface area (Å²) in [5.41, 5.74) is 13.6. The van der Waals surface area contributed by atoms with Crippen molar-refractivity contribution >= 4 is 68.3 Å². The van der Waals surface area contributed by atoms with E-state index in [1.807, 2.05) is 140 Å². The van der Waals surface area contributed by atoms with E-state index in [0.717, 1.165) is 193 Å². The van der Waals surface area contributed by atoms with E-state index < -0.39 is 5.82 Å². The maximum atomic E-state index is 14.9. The molecule has 0 spiro atoms. The molecule has 33 nitrogen and oxygen atoms in total. The molecule has 0 saturated carbocycles. The summed E-state index contributed by atoms with van der Waals surface area (Å²) < 4.78 is 66.9. The Kier molecular flexibility index (Phi) is 28.3. The fourth-order valence-corrected chi connectivity index (χ4v) is 18.6. The van der Waals surface area contributed by atoms with E-state index in [4.69, 9.17) is 64.4 Å². The van der Waals surface area contributed by atoms with Crippen LogP contribution >= 0.6 is 11.6 Å². The van der Waals surface area contributed by atoms with Gasteiger partial charge in [-0.3, -0.25) is 46.0 Å². The van der Waals surface area contributed by atoms with Gasteiger partial charge >= 0.3 is 0 Å². The highest BCUT2D eigenvalue weighted by atomic mass is 35.5. The number of anilines is 5. The van der Waals surface area contributed by atoms with Crippen molar-refractivity contribution < 1.29 is 42.3 Å². The van der Waals surface area contributed by atoms with Crippen molar-refractivity contribution in [1.29, 1.82) is 0 Å². The first-order valence-electron chi connectivity index (χ1n) is 47.1. The third-order valence-corrected chi connectivity index (χ3v) is 25.9. The minimum Gasteiger partial charge on any atom is -0.493 e. The van der Waals surface area contributed by atoms with Crippen LogP contribution in [0.5, 0.6) is 46.0 Å². The SMILES string of the molecule is CN1CCCN(c2ccc3nc(-c4ccc5c(c4)OCCO5)cc(=O)n3c2)CC1.COc1ccc(-c2cc(=O)n3cc(N4CCN(C)CC4)cc(F)c3n2)cc1OC.C[C@@H]1CN(c2ccc3nc(-c4ccc5c(c4)OCCO5)cc(=O)n3c2)C[C@H](C)N1.O=c1cc(-c2ccc3c(c2)OCCO3)nc2ccc(N3CCCNCC3)cn12.O=c1cc(-c2cccc(Cl)c2)nc2ccc(N3CCNCC3)cn12. The average molecular weight is 1900 g/mol. The van der Waals surface area contributed by atoms with Crippen LogP contribution in [-0.2, 0) is 0 Å². The Morgan fingerprint density at radius 2 is 0.698 bits per heavy atom. The van der Waals surface area contributed by atoms with Gasteiger partial charge in [0.25, 0.3) is 27.8 Å². The van der Waals surface area contributed by atoms with E-state index >= 15 is 0 Å². The summed E-state index contributed by atoms with van der Waals surface area (Å²) in [6, 6.07) is 55.3. The van der Waals surface area contributed by atoms with Gasteiger partial charge in [-0.15, -0.1) is 0 Å². The Balaban J connectivity index is 0.000000111. The number of nitrogens with zero attached hydrogens (tertiary/aromatic N) is 17. The Hall–Kier alpha value is -14.7. The Labute approximate surface area is 805 Å². The molecular formula is C104H110ClFN20O13. The zero-order chi connectivity index (χ0) is 95.7. The van der Waals surface area contributed by atoms with Crippen molar-refractivity contribution in [2.45, 2.75) is 38.8 Å². The van der Waals surface area contributed by atoms with Crippen LogP contribution in [0.4, 0.5) is 32.8 Å². The minimum atomic E-state index is -0.527. The van der Waals surface area contributed by atoms with Crippen LogP contribution in [0.1, 0.15) is 26.7 Å². The smallest absolute Gasteiger partial charge is 0.258 e. The largest absolute Gasteiger partial charge is 0.493 e. The molecule has 23 rings (SSSR count). The standard InChI is InChI=1S/2C22H24N4O3.C21H23FN4O3.C21H22N4O3.C18H17ClN4O/c1-14-11-25(12-15(2)23-14)17-4-6-21-24-18(10-22(27)26(21)13-17)16-3-5-19-20(9-16)29-8-7-28-19;1-24-7-2-8-25(10-9-24)17-4-6-21-23-18(14-22(27)26(21)15-17)16-3-5-19-20(13-16)29-12-11-28-19;1-24-6-8-25(9-7-24)15-11-16(22)21-23-17(12-20(27)26(21)13-15)14-4-5-18(28-2)19(10-14)29-3;26-21-13-17(15-2-4-18-19(12-15)28-11-10-27-18)23-20-5-3-16(14-25(20)21)24-8-1-6-22-7-9-24;19-14-3-1-2-13(10-14)16-11-18(24)23-12-15(4-5-17(23)21-16)22-8-6-20-7-9-22/h3-6,9-10,13-15,23H,7-8,11-12H2,1-2H3;3-6,13-15H,2,7-12H2,1H3;4-5,10-13H,6-9H2,1-3H3;2-5,12-14,22H,1,6-11H2;1-5,10-12,20H,6-9H2/t14-,15+;;;;. The maximum Gasteiger partial charge on any atom is 0.258 e. The van der Waals surface area contributed by atoms with E-state index in [0.29, 0.717) is 148 Å². The van der Waals surface area contributed by atoms with Gasteiger partial charge < -0.3 is 88.1 Å². The first-order valence-corrected chi connectivity index (χ1v) is 47.4. The lowest BCUT2D eigenvalue weighted by molar-refractivity contribution is 0.171. The molecule has 10 aromatic heterocycles. The zero-order valence-corrected chi connectivity index (χ0v) is 79.2. The summed E-state index contributed by atoms with van der Waals surface area (Å²) in [4.78, 5) is 103. The number of likely N-dealkylation sites (N-methyl/N-ethyl adjacent to an activating group) is 2. The number of hydrogen-bond acceptors (Lipinski definition) is 28. The second-order valence-electron chi connectivity index (χ2n) is 35.4. The third kappa shape index (κ3) is 21.5. The Bertz CT molecular complexity index is 7360. The molecule has 0 bridgehead atoms. The molecule has 0 aliphatic carbocycles. The summed E-state index contributed by atoms with van der Waals surface area (Å²) in [6.07, 6.45) is 11.4. The predicted molar refractivity (Wildman–Crippen MR) is 539 cm³/mol. The van der Waals surface area contributed by atoms with Crippen molar-refractivity contribution in [3.8, 4) is 102 Å². The number of ether oxygens (including phenoxy) is 8. The van der Waals surface area contributed by atoms with Gasteiger partial charge in [0.2, 0.25) is 0 Å². The number of fused-ring (bicyclic) bond motifs is 8. The first-order chi connectivity index (χ1) is 67.7. The van der Waals surface area contributed by atoms with Crippen molar-refractivity contribution in [2.24, 2.45) is 0 Å². The van der Waals surface area contributed by atoms with Gasteiger partial charge in [-0.2, -0.15) is 0 Å². The van der Waals surface area contributed by atoms with E-state index in [1.54, 1.807) is 79.4 Å². The number of nitrogens with one attached hydrogen (secondary N) is 3. The summed E-state index contributed by atoms with van der Waals surface area (Å²) in [5.74, 6) is 4.80. The average Bonchev–Trinajstić information content (AvgIpc) is 1.03. The molecule has 139 heavy (non-hydrogen) atoms. The van der Waals surface area contributed by atoms with Gasteiger partial charge in [0, 0.05) is 217 Å². The van der Waals surface area contributed by atoms with Gasteiger partial charge in [0.1, 0.15) is 62.2 Å². The van der Waals surface area contributed by atoms with E-state index in [9.17, 15) is 28.4 Å². The van der Waals surface area contributed by atoms with Crippen LogP contribution in [0.25, 0.3) is 84.5 Å². The highest BCUT2D eigenvalue weighted by molar-refractivity contribution is 6.30. The van der Waals surface area contributed by atoms with Crippen LogP contribution in [0.3, 0.4) is 0 Å². The lowest BCUT2D eigenvalue weighted by atomic mass is 10.1. The Morgan fingerprint density at radius 3 is 1.14 bits per heavy atom. The molecule has 35 heteroatoms. The van der Waals surface area contributed by atoms with Crippen LogP contribution in [-0.4, -0.2) is 255 Å². The van der Waals surface area contributed by atoms with Crippen LogP contribution in [0.2, 0.25) is 5.02 Å². The fourth-order valence-electron chi connectivity index (χ4n) is 18.4. The molecule has 8 aliphatic heterocycles. The molecule has 2 atom stereocenters. The summed E-state index contributed by atoms with van der Waals surface area (Å²) in [6.45, 7) is 24.5. The number of halogens is 2. The molecule has 0 amide bonds. The second kappa shape index (κ2) is 42.1. The van der Waals surface area contributed by atoms with E-state index in [1.165, 1.54) is 23.6 Å². The normalized spacial score (nSPS) is 17.2. The molecule has 5 saturated heterocycles. The fraction of sp³-hybridized carbons (Fsp3) is 0.327. The molecule has 8 aliphatic rings. The van der Waals surface area contributed by atoms with Gasteiger partial charge in [-0.25, -0.2) is 29.3 Å². The molecule has 5 fully saturated rings. The molecule has 718 valence electrons. The molecule has 18 heterocycles. The van der Waals surface area contributed by atoms with Crippen molar-refractivity contribution in [3.63, 3.8) is 0 Å². The minimum absolute atomic E-state index is 0.000150. The number of aromatic nitrogens is 10. The van der Waals surface area contributed by atoms with Crippen molar-refractivity contribution in [1.82, 2.24) is 72.7 Å². The molecule has 0 unspecified atom stereocenters.